The molecule has 3 heterocycles. The normalized spacial score (nSPS) is 14.1. The molecule has 9 heteroatoms. The number of hydrogen-bond donors (Lipinski definition) is 0. The van der Waals surface area contributed by atoms with Gasteiger partial charge in [0.15, 0.2) is 10.8 Å². The number of rotatable bonds is 4. The summed E-state index contributed by atoms with van der Waals surface area (Å²) >= 11 is 1.29. The number of carbonyl (C=O) groups excluding carboxylic acids is 2. The van der Waals surface area contributed by atoms with Crippen LogP contribution in [0.15, 0.2) is 42.7 Å². The predicted molar refractivity (Wildman–Crippen MR) is 110 cm³/mol. The molecule has 2 amide bonds. The number of aryl methyl sites for hydroxylation is 1. The van der Waals surface area contributed by atoms with E-state index >= 15 is 0 Å². The average Bonchev–Trinajstić information content (AvgIpc) is 3.17. The maximum atomic E-state index is 13.0. The van der Waals surface area contributed by atoms with Gasteiger partial charge in [-0.25, -0.2) is 19.3 Å². The second-order valence-corrected chi connectivity index (χ2v) is 7.98. The Kier molecular flexibility index (Phi) is 5.80. The van der Waals surface area contributed by atoms with Crippen LogP contribution in [0.4, 0.5) is 4.39 Å². The molecule has 4 rings (SSSR count). The number of halogens is 1. The molecule has 1 fully saturated rings. The maximum absolute atomic E-state index is 13.0. The lowest BCUT2D eigenvalue weighted by molar-refractivity contribution is -0.131. The van der Waals surface area contributed by atoms with Crippen LogP contribution >= 0.6 is 11.3 Å². The Bertz CT molecular complexity index is 1050. The summed E-state index contributed by atoms with van der Waals surface area (Å²) in [6.45, 7) is 3.67. The Labute approximate surface area is 177 Å². The third kappa shape index (κ3) is 4.35. The van der Waals surface area contributed by atoms with Crippen LogP contribution in [-0.2, 0) is 11.2 Å². The lowest BCUT2D eigenvalue weighted by Crippen LogP contribution is -2.51. The summed E-state index contributed by atoms with van der Waals surface area (Å²) in [5.41, 5.74) is 1.43. The Morgan fingerprint density at radius 1 is 1.03 bits per heavy atom. The van der Waals surface area contributed by atoms with E-state index in [9.17, 15) is 14.0 Å². The minimum Gasteiger partial charge on any atom is -0.339 e. The van der Waals surface area contributed by atoms with Crippen molar-refractivity contribution in [2.24, 2.45) is 0 Å². The van der Waals surface area contributed by atoms with E-state index in [-0.39, 0.29) is 24.1 Å². The summed E-state index contributed by atoms with van der Waals surface area (Å²) in [5.74, 6) is 0.0727. The number of hydrogen-bond acceptors (Lipinski definition) is 6. The first-order valence-electron chi connectivity index (χ1n) is 9.57. The topological polar surface area (TPSA) is 79.3 Å². The first-order chi connectivity index (χ1) is 14.5. The van der Waals surface area contributed by atoms with Crippen molar-refractivity contribution in [2.45, 2.75) is 13.3 Å². The zero-order valence-corrected chi connectivity index (χ0v) is 17.2. The largest absolute Gasteiger partial charge is 0.339 e. The highest BCUT2D eigenvalue weighted by Gasteiger charge is 2.27. The summed E-state index contributed by atoms with van der Waals surface area (Å²) in [6, 6.07) is 7.67. The first-order valence-corrected chi connectivity index (χ1v) is 10.4. The molecule has 7 nitrogen and oxygen atoms in total. The van der Waals surface area contributed by atoms with E-state index in [1.54, 1.807) is 47.3 Å². The summed E-state index contributed by atoms with van der Waals surface area (Å²) in [5, 5.41) is 0.615. The molecular formula is C21H20FN5O2S. The van der Waals surface area contributed by atoms with Crippen molar-refractivity contribution < 1.29 is 14.0 Å². The van der Waals surface area contributed by atoms with Crippen molar-refractivity contribution in [1.29, 1.82) is 0 Å². The second kappa shape index (κ2) is 8.66. The van der Waals surface area contributed by atoms with Crippen LogP contribution in [0.1, 0.15) is 20.9 Å². The van der Waals surface area contributed by atoms with Gasteiger partial charge in [0.05, 0.1) is 12.1 Å². The van der Waals surface area contributed by atoms with E-state index in [0.29, 0.717) is 47.6 Å². The van der Waals surface area contributed by atoms with Gasteiger partial charge in [-0.2, -0.15) is 0 Å². The molecule has 3 aromatic rings. The van der Waals surface area contributed by atoms with E-state index in [2.05, 4.69) is 15.0 Å². The zero-order chi connectivity index (χ0) is 21.1. The SMILES string of the molecule is Cc1nc(-c2ncccn2)sc1C(=O)N1CCN(C(=O)Cc2ccc(F)cc2)CC1. The van der Waals surface area contributed by atoms with E-state index in [1.807, 2.05) is 0 Å². The average molecular weight is 425 g/mol. The van der Waals surface area contributed by atoms with Crippen LogP contribution in [0.5, 0.6) is 0 Å². The molecule has 0 atom stereocenters. The van der Waals surface area contributed by atoms with Crippen molar-refractivity contribution in [1.82, 2.24) is 24.8 Å². The summed E-state index contributed by atoms with van der Waals surface area (Å²) in [6.07, 6.45) is 3.51. The first kappa shape index (κ1) is 20.1. The molecule has 1 aromatic carbocycles. The highest BCUT2D eigenvalue weighted by molar-refractivity contribution is 7.17. The van der Waals surface area contributed by atoms with Gasteiger partial charge in [0, 0.05) is 38.6 Å². The predicted octanol–water partition coefficient (Wildman–Crippen LogP) is 2.57. The Hall–Kier alpha value is -3.20. The van der Waals surface area contributed by atoms with Gasteiger partial charge >= 0.3 is 0 Å². The van der Waals surface area contributed by atoms with E-state index in [1.165, 1.54) is 23.5 Å². The molecule has 30 heavy (non-hydrogen) atoms. The van der Waals surface area contributed by atoms with Gasteiger partial charge in [-0.1, -0.05) is 12.1 Å². The fourth-order valence-corrected chi connectivity index (χ4v) is 4.27. The van der Waals surface area contributed by atoms with Crippen molar-refractivity contribution >= 4 is 23.2 Å². The number of thiazole rings is 1. The maximum Gasteiger partial charge on any atom is 0.265 e. The van der Waals surface area contributed by atoms with Crippen molar-refractivity contribution in [3.05, 3.63) is 64.7 Å². The van der Waals surface area contributed by atoms with Crippen molar-refractivity contribution in [3.8, 4) is 10.8 Å². The fraction of sp³-hybridized carbons (Fsp3) is 0.286. The van der Waals surface area contributed by atoms with Gasteiger partial charge in [0.25, 0.3) is 5.91 Å². The van der Waals surface area contributed by atoms with Gasteiger partial charge in [0.2, 0.25) is 5.91 Å². The number of amides is 2. The second-order valence-electron chi connectivity index (χ2n) is 6.98. The van der Waals surface area contributed by atoms with Gasteiger partial charge in [-0.15, -0.1) is 11.3 Å². The molecule has 2 aromatic heterocycles. The van der Waals surface area contributed by atoms with Gasteiger partial charge in [-0.3, -0.25) is 9.59 Å². The van der Waals surface area contributed by atoms with Crippen LogP contribution in [0.25, 0.3) is 10.8 Å². The molecule has 1 saturated heterocycles. The highest BCUT2D eigenvalue weighted by atomic mass is 32.1. The summed E-state index contributed by atoms with van der Waals surface area (Å²) in [4.78, 5) is 42.4. The van der Waals surface area contributed by atoms with Crippen LogP contribution in [0.2, 0.25) is 0 Å². The van der Waals surface area contributed by atoms with Gasteiger partial charge < -0.3 is 9.80 Å². The quantitative estimate of drug-likeness (QED) is 0.642. The third-order valence-corrected chi connectivity index (χ3v) is 6.08. The lowest BCUT2D eigenvalue weighted by atomic mass is 10.1. The Morgan fingerprint density at radius 3 is 2.33 bits per heavy atom. The molecule has 0 N–H and O–H groups in total. The minimum absolute atomic E-state index is 0.0220. The lowest BCUT2D eigenvalue weighted by Gasteiger charge is -2.34. The third-order valence-electron chi connectivity index (χ3n) is 4.94. The Balaban J connectivity index is 1.37. The van der Waals surface area contributed by atoms with Crippen LogP contribution in [0.3, 0.4) is 0 Å². The minimum atomic E-state index is -0.321. The highest BCUT2D eigenvalue weighted by Crippen LogP contribution is 2.26. The molecule has 0 aliphatic carbocycles. The van der Waals surface area contributed by atoms with E-state index in [0.717, 1.165) is 5.56 Å². The van der Waals surface area contributed by atoms with E-state index in [4.69, 9.17) is 0 Å². The number of nitrogens with zero attached hydrogens (tertiary/aromatic N) is 5. The molecule has 0 bridgehead atoms. The molecule has 0 unspecified atom stereocenters. The standard InChI is InChI=1S/C21H20FN5O2S/c1-14-18(30-20(25-14)19-23-7-2-8-24-19)21(29)27-11-9-26(10-12-27)17(28)13-15-3-5-16(22)6-4-15/h2-8H,9-13H2,1H3. The van der Waals surface area contributed by atoms with Crippen molar-refractivity contribution in [2.75, 3.05) is 26.2 Å². The smallest absolute Gasteiger partial charge is 0.265 e. The van der Waals surface area contributed by atoms with Crippen LogP contribution in [-0.4, -0.2) is 62.7 Å². The molecular weight excluding hydrogens is 405 g/mol. The van der Waals surface area contributed by atoms with Gasteiger partial charge in [-0.05, 0) is 30.7 Å². The zero-order valence-electron chi connectivity index (χ0n) is 16.4. The fourth-order valence-electron chi connectivity index (χ4n) is 3.29. The molecule has 0 saturated carbocycles. The van der Waals surface area contributed by atoms with Crippen molar-refractivity contribution in [3.63, 3.8) is 0 Å². The van der Waals surface area contributed by atoms with Crippen LogP contribution in [0, 0.1) is 12.7 Å². The number of benzene rings is 1. The van der Waals surface area contributed by atoms with Gasteiger partial charge in [0.1, 0.15) is 10.7 Å². The molecule has 0 radical (unpaired) electrons. The summed E-state index contributed by atoms with van der Waals surface area (Å²) in [7, 11) is 0. The number of piperazine rings is 1. The molecule has 1 aliphatic heterocycles. The number of aromatic nitrogens is 3. The monoisotopic (exact) mass is 425 g/mol. The van der Waals surface area contributed by atoms with Crippen LogP contribution < -0.4 is 0 Å². The molecule has 154 valence electrons. The summed E-state index contributed by atoms with van der Waals surface area (Å²) < 4.78 is 13.0. The Morgan fingerprint density at radius 2 is 1.67 bits per heavy atom. The van der Waals surface area contributed by atoms with E-state index < -0.39 is 0 Å². The molecule has 0 spiro atoms. The number of carbonyl (C=O) groups is 2. The molecule has 1 aliphatic rings.